The lowest BCUT2D eigenvalue weighted by Gasteiger charge is -2.10. The predicted molar refractivity (Wildman–Crippen MR) is 80.0 cm³/mol. The number of carbonyl (C=O) groups is 1. The van der Waals surface area contributed by atoms with Gasteiger partial charge in [-0.15, -0.1) is 0 Å². The van der Waals surface area contributed by atoms with Crippen LogP contribution in [-0.2, 0) is 5.33 Å². The second-order valence-corrected chi connectivity index (χ2v) is 4.66. The lowest BCUT2D eigenvalue weighted by Crippen LogP contribution is -2.15. The fourth-order valence-electron chi connectivity index (χ4n) is 1.77. The summed E-state index contributed by atoms with van der Waals surface area (Å²) in [6, 6.07) is 11.6. The Kier molecular flexibility index (Phi) is 4.74. The van der Waals surface area contributed by atoms with E-state index in [1.807, 2.05) is 12.1 Å². The lowest BCUT2D eigenvalue weighted by molar-refractivity contribution is 0.102. The van der Waals surface area contributed by atoms with Crippen LogP contribution in [0.4, 0.5) is 10.1 Å². The van der Waals surface area contributed by atoms with E-state index >= 15 is 0 Å². The van der Waals surface area contributed by atoms with Crippen LogP contribution in [0.5, 0.6) is 5.75 Å². The molecule has 0 aliphatic heterocycles. The van der Waals surface area contributed by atoms with Gasteiger partial charge in [-0.25, -0.2) is 4.39 Å². The molecule has 2 rings (SSSR count). The Balaban J connectivity index is 2.23. The van der Waals surface area contributed by atoms with Crippen molar-refractivity contribution in [2.24, 2.45) is 0 Å². The van der Waals surface area contributed by atoms with Crippen molar-refractivity contribution in [1.29, 1.82) is 0 Å². The molecule has 1 amide bonds. The number of hydrogen-bond acceptors (Lipinski definition) is 2. The standard InChI is InChI=1S/C15H13BrFNO2/c1-20-13-4-2-3-12(17)14(13)15(19)18-11-7-5-10(9-16)6-8-11/h2-8H,9H2,1H3,(H,18,19). The highest BCUT2D eigenvalue weighted by Gasteiger charge is 2.17. The first-order chi connectivity index (χ1) is 9.65. The SMILES string of the molecule is COc1cccc(F)c1C(=O)Nc1ccc(CBr)cc1. The normalized spacial score (nSPS) is 10.2. The van der Waals surface area contributed by atoms with Crippen LogP contribution < -0.4 is 10.1 Å². The third-order valence-corrected chi connectivity index (χ3v) is 3.44. The van der Waals surface area contributed by atoms with E-state index in [0.29, 0.717) is 5.69 Å². The molecular weight excluding hydrogens is 325 g/mol. The highest BCUT2D eigenvalue weighted by atomic mass is 79.9. The number of amides is 1. The molecule has 20 heavy (non-hydrogen) atoms. The van der Waals surface area contributed by atoms with Crippen LogP contribution in [0.2, 0.25) is 0 Å². The molecule has 0 spiro atoms. The van der Waals surface area contributed by atoms with E-state index in [1.165, 1.54) is 19.2 Å². The zero-order valence-electron chi connectivity index (χ0n) is 10.8. The number of alkyl halides is 1. The summed E-state index contributed by atoms with van der Waals surface area (Å²) in [5.74, 6) is -0.940. The molecule has 2 aromatic carbocycles. The molecular formula is C15H13BrFNO2. The maximum atomic E-state index is 13.8. The molecule has 0 fully saturated rings. The average molecular weight is 338 g/mol. The Labute approximate surface area is 124 Å². The molecule has 1 N–H and O–H groups in total. The first kappa shape index (κ1) is 14.5. The Morgan fingerprint density at radius 1 is 1.25 bits per heavy atom. The number of rotatable bonds is 4. The summed E-state index contributed by atoms with van der Waals surface area (Å²) >= 11 is 3.34. The van der Waals surface area contributed by atoms with Crippen molar-refractivity contribution in [2.45, 2.75) is 5.33 Å². The summed E-state index contributed by atoms with van der Waals surface area (Å²) in [5.41, 5.74) is 1.59. The van der Waals surface area contributed by atoms with Gasteiger partial charge in [0.15, 0.2) is 0 Å². The number of ether oxygens (including phenoxy) is 1. The Morgan fingerprint density at radius 3 is 2.55 bits per heavy atom. The van der Waals surface area contributed by atoms with E-state index in [2.05, 4.69) is 21.2 Å². The molecule has 0 radical (unpaired) electrons. The van der Waals surface area contributed by atoms with Gasteiger partial charge in [-0.3, -0.25) is 4.79 Å². The molecule has 104 valence electrons. The van der Waals surface area contributed by atoms with Gasteiger partial charge >= 0.3 is 0 Å². The molecule has 0 unspecified atom stereocenters. The summed E-state index contributed by atoms with van der Waals surface area (Å²) in [7, 11) is 1.40. The zero-order valence-corrected chi connectivity index (χ0v) is 12.4. The molecule has 0 aliphatic carbocycles. The van der Waals surface area contributed by atoms with E-state index in [4.69, 9.17) is 4.74 Å². The Morgan fingerprint density at radius 2 is 1.95 bits per heavy atom. The van der Waals surface area contributed by atoms with Crippen LogP contribution in [-0.4, -0.2) is 13.0 Å². The molecule has 0 aliphatic rings. The summed E-state index contributed by atoms with van der Waals surface area (Å²) in [6.07, 6.45) is 0. The molecule has 3 nitrogen and oxygen atoms in total. The number of hydrogen-bond donors (Lipinski definition) is 1. The van der Waals surface area contributed by atoms with E-state index in [-0.39, 0.29) is 11.3 Å². The van der Waals surface area contributed by atoms with Crippen molar-refractivity contribution >= 4 is 27.5 Å². The minimum atomic E-state index is -0.612. The quantitative estimate of drug-likeness (QED) is 0.857. The molecule has 0 aromatic heterocycles. The number of anilines is 1. The summed E-state index contributed by atoms with van der Waals surface area (Å²) in [6.45, 7) is 0. The molecule has 0 bridgehead atoms. The molecule has 0 saturated heterocycles. The second kappa shape index (κ2) is 6.52. The average Bonchev–Trinajstić information content (AvgIpc) is 2.47. The highest BCUT2D eigenvalue weighted by molar-refractivity contribution is 9.08. The number of carbonyl (C=O) groups excluding carboxylic acids is 1. The van der Waals surface area contributed by atoms with Crippen molar-refractivity contribution in [3.05, 3.63) is 59.4 Å². The van der Waals surface area contributed by atoms with E-state index in [1.54, 1.807) is 18.2 Å². The minimum Gasteiger partial charge on any atom is -0.496 e. The van der Waals surface area contributed by atoms with E-state index < -0.39 is 11.7 Å². The van der Waals surface area contributed by atoms with Crippen molar-refractivity contribution < 1.29 is 13.9 Å². The summed E-state index contributed by atoms with van der Waals surface area (Å²) in [4.78, 5) is 12.1. The van der Waals surface area contributed by atoms with Gasteiger partial charge in [0.25, 0.3) is 5.91 Å². The van der Waals surface area contributed by atoms with Crippen LogP contribution in [0.15, 0.2) is 42.5 Å². The zero-order chi connectivity index (χ0) is 14.5. The molecule has 2 aromatic rings. The second-order valence-electron chi connectivity index (χ2n) is 4.10. The first-order valence-corrected chi connectivity index (χ1v) is 7.06. The van der Waals surface area contributed by atoms with Gasteiger partial charge in [0.05, 0.1) is 7.11 Å². The van der Waals surface area contributed by atoms with Crippen molar-refractivity contribution in [3.63, 3.8) is 0 Å². The highest BCUT2D eigenvalue weighted by Crippen LogP contribution is 2.22. The van der Waals surface area contributed by atoms with Gasteiger partial charge in [-0.05, 0) is 29.8 Å². The first-order valence-electron chi connectivity index (χ1n) is 5.94. The van der Waals surface area contributed by atoms with Gasteiger partial charge in [0, 0.05) is 11.0 Å². The summed E-state index contributed by atoms with van der Waals surface area (Å²) < 4.78 is 18.8. The van der Waals surface area contributed by atoms with Crippen molar-refractivity contribution in [2.75, 3.05) is 12.4 Å². The molecule has 0 saturated carbocycles. The minimum absolute atomic E-state index is 0.0976. The van der Waals surface area contributed by atoms with Gasteiger partial charge in [-0.2, -0.15) is 0 Å². The third kappa shape index (κ3) is 3.17. The van der Waals surface area contributed by atoms with Crippen LogP contribution in [0, 0.1) is 5.82 Å². The number of nitrogens with one attached hydrogen (secondary N) is 1. The predicted octanol–water partition coefficient (Wildman–Crippen LogP) is 3.98. The van der Waals surface area contributed by atoms with E-state index in [9.17, 15) is 9.18 Å². The number of halogens is 2. The van der Waals surface area contributed by atoms with Crippen molar-refractivity contribution in [1.82, 2.24) is 0 Å². The molecule has 5 heteroatoms. The fraction of sp³-hybridized carbons (Fsp3) is 0.133. The van der Waals surface area contributed by atoms with Crippen molar-refractivity contribution in [3.8, 4) is 5.75 Å². The van der Waals surface area contributed by atoms with E-state index in [0.717, 1.165) is 10.9 Å². The maximum absolute atomic E-state index is 13.8. The van der Waals surface area contributed by atoms with Gasteiger partial charge in [0.1, 0.15) is 17.1 Å². The number of benzene rings is 2. The van der Waals surface area contributed by atoms with Crippen LogP contribution in [0.25, 0.3) is 0 Å². The third-order valence-electron chi connectivity index (χ3n) is 2.79. The van der Waals surface area contributed by atoms with Crippen LogP contribution in [0.1, 0.15) is 15.9 Å². The fourth-order valence-corrected chi connectivity index (χ4v) is 2.14. The van der Waals surface area contributed by atoms with Gasteiger partial charge in [0.2, 0.25) is 0 Å². The number of methoxy groups -OCH3 is 1. The van der Waals surface area contributed by atoms with Gasteiger partial charge < -0.3 is 10.1 Å². The van der Waals surface area contributed by atoms with Crippen LogP contribution >= 0.6 is 15.9 Å². The maximum Gasteiger partial charge on any atom is 0.262 e. The Hall–Kier alpha value is -1.88. The van der Waals surface area contributed by atoms with Crippen LogP contribution in [0.3, 0.4) is 0 Å². The Bertz CT molecular complexity index is 614. The molecule has 0 heterocycles. The topological polar surface area (TPSA) is 38.3 Å². The monoisotopic (exact) mass is 337 g/mol. The summed E-state index contributed by atoms with van der Waals surface area (Å²) in [5, 5.41) is 3.39. The molecule has 0 atom stereocenters. The smallest absolute Gasteiger partial charge is 0.262 e. The largest absolute Gasteiger partial charge is 0.496 e. The van der Waals surface area contributed by atoms with Gasteiger partial charge in [-0.1, -0.05) is 34.1 Å². The lowest BCUT2D eigenvalue weighted by atomic mass is 10.1.